The van der Waals surface area contributed by atoms with Crippen LogP contribution in [0.5, 0.6) is 0 Å². The van der Waals surface area contributed by atoms with E-state index in [4.69, 9.17) is 4.74 Å². The van der Waals surface area contributed by atoms with Crippen LogP contribution in [0.1, 0.15) is 115 Å². The third-order valence-electron chi connectivity index (χ3n) is 16.6. The molecule has 0 spiro atoms. The highest BCUT2D eigenvalue weighted by atomic mass is 32.2. The molecule has 6 aliphatic rings. The minimum atomic E-state index is -2.88. The summed E-state index contributed by atoms with van der Waals surface area (Å²) in [6.07, 6.45) is 13.0. The molecule has 1 heterocycles. The minimum Gasteiger partial charge on any atom is -0.465 e. The lowest BCUT2D eigenvalue weighted by Crippen LogP contribution is -2.68. The maximum atomic E-state index is 12.1. The summed E-state index contributed by atoms with van der Waals surface area (Å²) in [5, 5.41) is 15.4. The molecule has 5 fully saturated rings. The van der Waals surface area contributed by atoms with E-state index < -0.39 is 9.84 Å². The fourth-order valence-corrected chi connectivity index (χ4v) is 15.2. The third kappa shape index (κ3) is 5.58. The average Bonchev–Trinajstić information content (AvgIpc) is 3.45. The number of carbonyl (C=O) groups excluding carboxylic acids is 1. The Bertz CT molecular complexity index is 1590. The van der Waals surface area contributed by atoms with Crippen molar-refractivity contribution in [3.8, 4) is 0 Å². The first-order valence-corrected chi connectivity index (χ1v) is 21.6. The van der Waals surface area contributed by atoms with E-state index >= 15 is 0 Å². The van der Waals surface area contributed by atoms with Gasteiger partial charge in [-0.15, -0.1) is 0 Å². The first-order chi connectivity index (χ1) is 23.5. The molecular weight excluding hydrogens is 645 g/mol. The molecule has 0 aromatic heterocycles. The molecule has 0 amide bonds. The van der Waals surface area contributed by atoms with Crippen LogP contribution in [0, 0.1) is 51.2 Å². The zero-order chi connectivity index (χ0) is 35.9. The Labute approximate surface area is 302 Å². The molecule has 4 saturated carbocycles. The highest BCUT2D eigenvalue weighted by Crippen LogP contribution is 2.76. The maximum absolute atomic E-state index is 12.1. The van der Waals surface area contributed by atoms with E-state index in [0.717, 1.165) is 32.4 Å². The van der Waals surface area contributed by atoms with Crippen LogP contribution in [0.4, 0.5) is 0 Å². The van der Waals surface area contributed by atoms with Crippen LogP contribution < -0.4 is 5.32 Å². The van der Waals surface area contributed by atoms with Crippen molar-refractivity contribution in [2.24, 2.45) is 51.2 Å². The second-order valence-electron chi connectivity index (χ2n) is 18.8. The first-order valence-electron chi connectivity index (χ1n) is 19.8. The highest BCUT2D eigenvalue weighted by molar-refractivity contribution is 7.91. The smallest absolute Gasteiger partial charge is 0.337 e. The Morgan fingerprint density at radius 1 is 0.940 bits per heavy atom. The Morgan fingerprint density at radius 3 is 2.30 bits per heavy atom. The summed E-state index contributed by atoms with van der Waals surface area (Å²) in [6, 6.07) is 8.05. The zero-order valence-electron chi connectivity index (χ0n) is 31.9. The van der Waals surface area contributed by atoms with Crippen molar-refractivity contribution in [2.45, 2.75) is 111 Å². The van der Waals surface area contributed by atoms with Gasteiger partial charge in [-0.25, -0.2) is 13.2 Å². The Morgan fingerprint density at radius 2 is 1.64 bits per heavy atom. The number of sulfone groups is 1. The number of nitrogens with one attached hydrogen (secondary N) is 1. The molecule has 0 bridgehead atoms. The number of hydrogen-bond donors (Lipinski definition) is 2. The van der Waals surface area contributed by atoms with Crippen molar-refractivity contribution in [1.29, 1.82) is 0 Å². The number of aliphatic hydroxyl groups is 1. The Hall–Kier alpha value is -1.74. The van der Waals surface area contributed by atoms with Gasteiger partial charge in [-0.2, -0.15) is 0 Å². The summed E-state index contributed by atoms with van der Waals surface area (Å²) >= 11 is 0. The molecule has 2 N–H and O–H groups in total. The van der Waals surface area contributed by atoms with Gasteiger partial charge in [0.1, 0.15) is 0 Å². The molecule has 1 saturated heterocycles. The van der Waals surface area contributed by atoms with Gasteiger partial charge in [0.05, 0.1) is 30.3 Å². The monoisotopic (exact) mass is 708 g/mol. The lowest BCUT2D eigenvalue weighted by Gasteiger charge is -2.72. The Balaban J connectivity index is 1.14. The van der Waals surface area contributed by atoms with Crippen molar-refractivity contribution in [2.75, 3.05) is 44.8 Å². The summed E-state index contributed by atoms with van der Waals surface area (Å²) in [5.74, 6) is 2.88. The molecule has 1 aromatic rings. The van der Waals surface area contributed by atoms with Crippen molar-refractivity contribution in [1.82, 2.24) is 10.2 Å². The van der Waals surface area contributed by atoms with Crippen LogP contribution in [0.25, 0.3) is 5.57 Å². The van der Waals surface area contributed by atoms with E-state index in [1.165, 1.54) is 56.8 Å². The van der Waals surface area contributed by atoms with Gasteiger partial charge in [-0.3, -0.25) is 0 Å². The van der Waals surface area contributed by atoms with Crippen LogP contribution in [0.2, 0.25) is 0 Å². The van der Waals surface area contributed by atoms with Crippen LogP contribution >= 0.6 is 0 Å². The fraction of sp³-hybridized carbons (Fsp3) is 0.786. The van der Waals surface area contributed by atoms with Gasteiger partial charge in [0, 0.05) is 31.7 Å². The predicted octanol–water partition coefficient (Wildman–Crippen LogP) is 7.00. The zero-order valence-corrected chi connectivity index (χ0v) is 32.7. The van der Waals surface area contributed by atoms with Crippen molar-refractivity contribution >= 4 is 21.4 Å². The first kappa shape index (κ1) is 36.6. The number of fused-ring (bicyclic) bond motifs is 7. The molecule has 278 valence electrons. The molecule has 50 heavy (non-hydrogen) atoms. The molecule has 10 atom stereocenters. The number of methoxy groups -OCH3 is 1. The van der Waals surface area contributed by atoms with E-state index in [1.807, 2.05) is 19.1 Å². The van der Waals surface area contributed by atoms with Crippen LogP contribution in [0.3, 0.4) is 0 Å². The number of rotatable bonds is 7. The quantitative estimate of drug-likeness (QED) is 0.295. The van der Waals surface area contributed by atoms with E-state index in [9.17, 15) is 18.3 Å². The number of allylic oxidation sites excluding steroid dienone is 2. The number of carbonyl (C=O) groups is 1. The van der Waals surface area contributed by atoms with E-state index in [1.54, 1.807) is 0 Å². The molecule has 8 heteroatoms. The van der Waals surface area contributed by atoms with Gasteiger partial charge in [-0.05, 0) is 139 Å². The summed E-state index contributed by atoms with van der Waals surface area (Å²) in [6.45, 7) is 18.0. The van der Waals surface area contributed by atoms with Gasteiger partial charge >= 0.3 is 5.97 Å². The van der Waals surface area contributed by atoms with Crippen molar-refractivity contribution in [3.63, 3.8) is 0 Å². The normalized spacial score (nSPS) is 42.6. The number of benzene rings is 1. The number of aliphatic hydroxyl groups excluding tert-OH is 1. The summed E-state index contributed by atoms with van der Waals surface area (Å²) in [5.41, 5.74) is 4.00. The van der Waals surface area contributed by atoms with Gasteiger partial charge in [0.2, 0.25) is 0 Å². The second-order valence-corrected chi connectivity index (χ2v) is 21.1. The van der Waals surface area contributed by atoms with Gasteiger partial charge < -0.3 is 20.1 Å². The van der Waals surface area contributed by atoms with Crippen LogP contribution in [-0.2, 0) is 14.6 Å². The van der Waals surface area contributed by atoms with Gasteiger partial charge in [0.25, 0.3) is 0 Å². The van der Waals surface area contributed by atoms with Gasteiger partial charge in [-0.1, -0.05) is 52.8 Å². The van der Waals surface area contributed by atoms with E-state index in [0.29, 0.717) is 48.2 Å². The molecule has 5 aliphatic carbocycles. The molecule has 1 aliphatic heterocycles. The molecule has 2 unspecified atom stereocenters. The summed E-state index contributed by atoms with van der Waals surface area (Å²) in [4.78, 5) is 14.5. The lowest BCUT2D eigenvalue weighted by molar-refractivity contribution is -0.222. The molecule has 7 nitrogen and oxygen atoms in total. The Kier molecular flexibility index (Phi) is 9.29. The van der Waals surface area contributed by atoms with Gasteiger partial charge in [0.15, 0.2) is 9.84 Å². The number of esters is 1. The van der Waals surface area contributed by atoms with Crippen LogP contribution in [-0.4, -0.2) is 80.8 Å². The van der Waals surface area contributed by atoms with E-state index in [-0.39, 0.29) is 50.8 Å². The lowest BCUT2D eigenvalue weighted by atomic mass is 9.33. The molecule has 1 aromatic carbocycles. The number of nitrogens with zero attached hydrogens (tertiary/aromatic N) is 1. The summed E-state index contributed by atoms with van der Waals surface area (Å²) in [7, 11) is -1.44. The SMILES string of the molecule is COC(=O)c1ccc(C2=CC[C@]3(C)[C@H]4CC[C@@H]5[C@H]6[C@H](C(C)O)CCC6(NCCN6CCS(=O)(=O)CC6)CC[C@@]5(C)[C@]4(C)CC[C@H]3C2(C)C)cc1. The summed E-state index contributed by atoms with van der Waals surface area (Å²) < 4.78 is 29.0. The largest absolute Gasteiger partial charge is 0.465 e. The van der Waals surface area contributed by atoms with Crippen molar-refractivity contribution < 1.29 is 23.1 Å². The standard InChI is InChI=1S/C42H64N2O5S/c1-28(45)31-14-19-42(43-22-23-44-24-26-50(47,48)27-25-44)21-20-40(5)33(36(31)42)12-13-35-39(4)17-15-32(29-8-10-30(11-9-29)37(46)49-7)38(2,3)34(39)16-18-41(35,40)6/h8-11,15,28,31,33-36,43,45H,12-14,16-27H2,1-7H3/t28?,31-,33+,34-,35+,36+,39-,40+,41+,42?/m0/s1. The number of hydrogen-bond acceptors (Lipinski definition) is 7. The van der Waals surface area contributed by atoms with E-state index in [2.05, 4.69) is 63.0 Å². The van der Waals surface area contributed by atoms with Crippen LogP contribution in [0.15, 0.2) is 30.3 Å². The fourth-order valence-electron chi connectivity index (χ4n) is 13.9. The molecular formula is C42H64N2O5S. The number of ether oxygens (including phenoxy) is 1. The average molecular weight is 709 g/mol. The third-order valence-corrected chi connectivity index (χ3v) is 18.2. The topological polar surface area (TPSA) is 95.9 Å². The highest BCUT2D eigenvalue weighted by Gasteiger charge is 2.70. The molecule has 0 radical (unpaired) electrons. The molecule has 7 rings (SSSR count). The maximum Gasteiger partial charge on any atom is 0.337 e. The van der Waals surface area contributed by atoms with Crippen molar-refractivity contribution in [3.05, 3.63) is 41.5 Å². The minimum absolute atomic E-state index is 0.0198. The second kappa shape index (κ2) is 12.7. The predicted molar refractivity (Wildman–Crippen MR) is 200 cm³/mol.